The zero-order valence-electron chi connectivity index (χ0n) is 14.9. The summed E-state index contributed by atoms with van der Waals surface area (Å²) in [5.41, 5.74) is 1.21. The minimum Gasteiger partial charge on any atom is -0.497 e. The van der Waals surface area contributed by atoms with Gasteiger partial charge in [0.15, 0.2) is 5.11 Å². The quantitative estimate of drug-likeness (QED) is 0.751. The van der Waals surface area contributed by atoms with E-state index in [2.05, 4.69) is 0 Å². The summed E-state index contributed by atoms with van der Waals surface area (Å²) in [6, 6.07) is 11.5. The number of rotatable bonds is 6. The van der Waals surface area contributed by atoms with Crippen LogP contribution in [0.5, 0.6) is 5.75 Å². The maximum atomic E-state index is 13.2. The van der Waals surface area contributed by atoms with Gasteiger partial charge in [0.25, 0.3) is 5.91 Å². The molecule has 1 N–H and O–H groups in total. The number of amides is 1. The molecule has 1 aliphatic heterocycles. The second-order valence-corrected chi connectivity index (χ2v) is 6.41. The largest absolute Gasteiger partial charge is 0.497 e. The number of anilines is 1. The first-order valence-corrected chi connectivity index (χ1v) is 8.77. The van der Waals surface area contributed by atoms with Crippen molar-refractivity contribution in [3.8, 4) is 5.75 Å². The second-order valence-electron chi connectivity index (χ2n) is 6.04. The Morgan fingerprint density at radius 3 is 2.43 bits per heavy atom. The van der Waals surface area contributed by atoms with Gasteiger partial charge in [-0.25, -0.2) is 4.39 Å². The molecular weight excluding hydrogens is 383 g/mol. The zero-order chi connectivity index (χ0) is 20.3. The number of thiocarbonyl (C=S) groups is 1. The Kier molecular flexibility index (Phi) is 5.70. The number of carbonyl (C=O) groups excluding carboxylic acids is 1. The van der Waals surface area contributed by atoms with Crippen LogP contribution in [0.2, 0.25) is 0 Å². The molecule has 144 valence electrons. The van der Waals surface area contributed by atoms with E-state index < -0.39 is 30.2 Å². The molecule has 0 aromatic heterocycles. The molecule has 0 bridgehead atoms. The molecule has 1 saturated heterocycles. The highest BCUT2D eigenvalue weighted by molar-refractivity contribution is 7.80. The number of benzene rings is 2. The van der Waals surface area contributed by atoms with Gasteiger partial charge in [0.2, 0.25) is 0 Å². The predicted octanol–water partition coefficient (Wildman–Crippen LogP) is 3.28. The van der Waals surface area contributed by atoms with Crippen molar-refractivity contribution < 1.29 is 23.8 Å². The van der Waals surface area contributed by atoms with E-state index in [1.54, 1.807) is 31.5 Å². The van der Waals surface area contributed by atoms with Crippen molar-refractivity contribution in [1.82, 2.24) is 4.90 Å². The number of hydrogen-bond acceptors (Lipinski definition) is 4. The minimum atomic E-state index is -1.12. The smallest absolute Gasteiger partial charge is 0.306 e. The van der Waals surface area contributed by atoms with Crippen molar-refractivity contribution in [3.05, 3.63) is 66.1 Å². The summed E-state index contributed by atoms with van der Waals surface area (Å²) in [5, 5.41) is 9.34. The predicted molar refractivity (Wildman–Crippen MR) is 106 cm³/mol. The molecule has 0 saturated carbocycles. The molecule has 0 spiro atoms. The van der Waals surface area contributed by atoms with Crippen LogP contribution >= 0.6 is 12.2 Å². The lowest BCUT2D eigenvalue weighted by Gasteiger charge is -2.19. The molecule has 3 rings (SSSR count). The molecule has 2 aromatic carbocycles. The number of carbonyl (C=O) groups is 2. The van der Waals surface area contributed by atoms with E-state index in [0.29, 0.717) is 11.4 Å². The average Bonchev–Trinajstić information content (AvgIpc) is 2.90. The number of halogens is 1. The molecule has 1 aliphatic rings. The third kappa shape index (κ3) is 4.01. The first kappa shape index (κ1) is 19.5. The van der Waals surface area contributed by atoms with Crippen LogP contribution in [0.15, 0.2) is 54.7 Å². The first-order chi connectivity index (χ1) is 13.4. The van der Waals surface area contributed by atoms with Crippen LogP contribution in [0.25, 0.3) is 6.08 Å². The van der Waals surface area contributed by atoms with E-state index in [-0.39, 0.29) is 5.11 Å². The topological polar surface area (TPSA) is 70.1 Å². The van der Waals surface area contributed by atoms with Crippen LogP contribution in [0.4, 0.5) is 10.1 Å². The lowest BCUT2D eigenvalue weighted by Crippen LogP contribution is -2.33. The summed E-state index contributed by atoms with van der Waals surface area (Å²) >= 11 is 5.41. The van der Waals surface area contributed by atoms with Gasteiger partial charge in [-0.05, 0) is 60.3 Å². The molecule has 28 heavy (non-hydrogen) atoms. The van der Waals surface area contributed by atoms with E-state index in [1.807, 2.05) is 12.1 Å². The fourth-order valence-corrected chi connectivity index (χ4v) is 3.22. The number of ether oxygens (including phenoxy) is 1. The third-order valence-electron chi connectivity index (χ3n) is 4.25. The Morgan fingerprint density at radius 1 is 1.21 bits per heavy atom. The Labute approximate surface area is 166 Å². The first-order valence-electron chi connectivity index (χ1n) is 8.36. The summed E-state index contributed by atoms with van der Waals surface area (Å²) < 4.78 is 18.3. The summed E-state index contributed by atoms with van der Waals surface area (Å²) in [4.78, 5) is 26.8. The number of hydrogen-bond donors (Lipinski definition) is 1. The summed E-state index contributed by atoms with van der Waals surface area (Å²) in [6.07, 6.45) is 2.89. The Bertz CT molecular complexity index is 928. The molecule has 2 aromatic rings. The molecule has 0 radical (unpaired) electrons. The molecular formula is C20H17FN2O4S. The molecule has 8 heteroatoms. The average molecular weight is 400 g/mol. The molecule has 1 unspecified atom stereocenters. The van der Waals surface area contributed by atoms with Crippen molar-refractivity contribution in [2.75, 3.05) is 12.0 Å². The fourth-order valence-electron chi connectivity index (χ4n) is 2.84. The van der Waals surface area contributed by atoms with Gasteiger partial charge in [-0.15, -0.1) is 0 Å². The van der Waals surface area contributed by atoms with E-state index in [9.17, 15) is 19.1 Å². The van der Waals surface area contributed by atoms with Crippen molar-refractivity contribution >= 4 is 41.0 Å². The Morgan fingerprint density at radius 2 is 1.86 bits per heavy atom. The van der Waals surface area contributed by atoms with Gasteiger partial charge < -0.3 is 14.7 Å². The SMILES string of the molecule is COc1ccc(C=CN2C(=S)N(c3ccc(F)cc3)C(=O)C2CC(=O)O)cc1. The maximum Gasteiger partial charge on any atom is 0.306 e. The molecule has 0 aliphatic carbocycles. The minimum absolute atomic E-state index is 0.132. The molecule has 6 nitrogen and oxygen atoms in total. The lowest BCUT2D eigenvalue weighted by molar-refractivity contribution is -0.139. The van der Waals surface area contributed by atoms with Crippen LogP contribution in [0.3, 0.4) is 0 Å². The lowest BCUT2D eigenvalue weighted by atomic mass is 10.1. The fraction of sp³-hybridized carbons (Fsp3) is 0.150. The molecule has 1 fully saturated rings. The summed E-state index contributed by atoms with van der Waals surface area (Å²) in [7, 11) is 1.57. The van der Waals surface area contributed by atoms with Gasteiger partial charge in [0, 0.05) is 6.20 Å². The highest BCUT2D eigenvalue weighted by Crippen LogP contribution is 2.28. The number of carboxylic acids is 1. The van der Waals surface area contributed by atoms with Crippen molar-refractivity contribution in [3.63, 3.8) is 0 Å². The van der Waals surface area contributed by atoms with Crippen LogP contribution in [-0.2, 0) is 9.59 Å². The standard InChI is InChI=1S/C20H17FN2O4S/c1-27-16-8-2-13(3-9-16)10-11-22-17(12-18(24)25)19(26)23(20(22)28)15-6-4-14(21)5-7-15/h2-11,17H,12H2,1H3,(H,24,25). The number of carboxylic acid groups (broad SMARTS) is 1. The monoisotopic (exact) mass is 400 g/mol. The van der Waals surface area contributed by atoms with Crippen LogP contribution in [0, 0.1) is 5.82 Å². The van der Waals surface area contributed by atoms with Gasteiger partial charge in [-0.1, -0.05) is 12.1 Å². The van der Waals surface area contributed by atoms with Crippen LogP contribution in [-0.4, -0.2) is 40.1 Å². The normalized spacial score (nSPS) is 16.9. The van der Waals surface area contributed by atoms with Crippen LogP contribution in [0.1, 0.15) is 12.0 Å². The molecule has 1 heterocycles. The highest BCUT2D eigenvalue weighted by atomic mass is 32.1. The van der Waals surface area contributed by atoms with Crippen molar-refractivity contribution in [2.45, 2.75) is 12.5 Å². The van der Waals surface area contributed by atoms with E-state index >= 15 is 0 Å². The zero-order valence-corrected chi connectivity index (χ0v) is 15.7. The van der Waals surface area contributed by atoms with E-state index in [1.165, 1.54) is 34.1 Å². The second kappa shape index (κ2) is 8.18. The number of nitrogens with zero attached hydrogens (tertiary/aromatic N) is 2. The van der Waals surface area contributed by atoms with Gasteiger partial charge in [-0.2, -0.15) is 0 Å². The Hall–Kier alpha value is -3.26. The van der Waals surface area contributed by atoms with Gasteiger partial charge in [0.1, 0.15) is 17.6 Å². The number of aliphatic carboxylic acids is 1. The summed E-state index contributed by atoms with van der Waals surface area (Å²) in [5.74, 6) is -1.33. The third-order valence-corrected chi connectivity index (χ3v) is 4.64. The van der Waals surface area contributed by atoms with Gasteiger partial charge >= 0.3 is 5.97 Å². The van der Waals surface area contributed by atoms with Gasteiger partial charge in [-0.3, -0.25) is 14.5 Å². The van der Waals surface area contributed by atoms with Gasteiger partial charge in [0.05, 0.1) is 19.2 Å². The van der Waals surface area contributed by atoms with Crippen molar-refractivity contribution in [2.24, 2.45) is 0 Å². The molecule has 1 amide bonds. The number of methoxy groups -OCH3 is 1. The Balaban J connectivity index is 1.90. The van der Waals surface area contributed by atoms with E-state index in [0.717, 1.165) is 5.56 Å². The summed E-state index contributed by atoms with van der Waals surface area (Å²) in [6.45, 7) is 0. The highest BCUT2D eigenvalue weighted by Gasteiger charge is 2.43. The van der Waals surface area contributed by atoms with E-state index in [4.69, 9.17) is 17.0 Å². The van der Waals surface area contributed by atoms with Crippen LogP contribution < -0.4 is 9.64 Å². The van der Waals surface area contributed by atoms with Crippen molar-refractivity contribution in [1.29, 1.82) is 0 Å². The molecule has 1 atom stereocenters. The maximum absolute atomic E-state index is 13.2.